The van der Waals surface area contributed by atoms with Crippen LogP contribution in [0.25, 0.3) is 0 Å². The van der Waals surface area contributed by atoms with E-state index in [1.165, 1.54) is 38.4 Å². The number of benzene rings is 3. The quantitative estimate of drug-likeness (QED) is 0.244. The number of nitrogens with zero attached hydrogens (tertiary/aromatic N) is 1. The number of aromatic hydroxyl groups is 1. The third kappa shape index (κ3) is 5.47. The zero-order valence-corrected chi connectivity index (χ0v) is 20.4. The molecule has 1 N–H and O–H groups in total. The van der Waals surface area contributed by atoms with Crippen LogP contribution in [-0.4, -0.2) is 42.2 Å². The minimum Gasteiger partial charge on any atom is -0.508 e. The minimum absolute atomic E-state index is 0.0635. The summed E-state index contributed by atoms with van der Waals surface area (Å²) in [7, 11) is 0. The summed E-state index contributed by atoms with van der Waals surface area (Å²) >= 11 is 6.09. The molecule has 0 spiro atoms. The van der Waals surface area contributed by atoms with Crippen LogP contribution in [0.2, 0.25) is 5.02 Å². The van der Waals surface area contributed by atoms with Gasteiger partial charge in [0.05, 0.1) is 12.5 Å². The Hall–Kier alpha value is -3.02. The van der Waals surface area contributed by atoms with Gasteiger partial charge in [-0.05, 0) is 73.8 Å². The number of esters is 1. The molecule has 0 aliphatic carbocycles. The van der Waals surface area contributed by atoms with Gasteiger partial charge in [0.2, 0.25) is 0 Å². The number of phenols is 1. The number of phenolic OH excluding ortho intramolecular Hbond substituents is 1. The first-order valence-electron chi connectivity index (χ1n) is 12.3. The fourth-order valence-corrected chi connectivity index (χ4v) is 5.29. The maximum Gasteiger partial charge on any atom is 0.319 e. The largest absolute Gasteiger partial charge is 0.508 e. The topological polar surface area (TPSA) is 59.0 Å². The third-order valence-electron chi connectivity index (χ3n) is 6.93. The smallest absolute Gasteiger partial charge is 0.319 e. The molecular formula is C29H30ClNO4. The fourth-order valence-electron chi connectivity index (χ4n) is 5.16. The molecule has 6 heteroatoms. The number of hydrogen-bond donors (Lipinski definition) is 1. The van der Waals surface area contributed by atoms with Gasteiger partial charge in [0.25, 0.3) is 0 Å². The van der Waals surface area contributed by atoms with Crippen LogP contribution in [-0.2, 0) is 4.79 Å². The lowest BCUT2D eigenvalue weighted by Crippen LogP contribution is -2.31. The number of hydrogen-bond acceptors (Lipinski definition) is 5. The highest BCUT2D eigenvalue weighted by molar-refractivity contribution is 6.30. The fraction of sp³-hybridized carbons (Fsp3) is 0.345. The normalized spacial score (nSPS) is 20.2. The zero-order valence-electron chi connectivity index (χ0n) is 19.7. The number of carbonyl (C=O) groups is 1. The Labute approximate surface area is 211 Å². The molecule has 0 saturated carbocycles. The molecule has 3 aromatic rings. The lowest BCUT2D eigenvalue weighted by Gasteiger charge is -2.32. The third-order valence-corrected chi connectivity index (χ3v) is 7.19. The van der Waals surface area contributed by atoms with Crippen LogP contribution in [0.4, 0.5) is 0 Å². The van der Waals surface area contributed by atoms with Crippen molar-refractivity contribution in [2.45, 2.75) is 37.5 Å². The zero-order chi connectivity index (χ0) is 24.2. The second-order valence-electron chi connectivity index (χ2n) is 9.32. The molecule has 2 atom stereocenters. The van der Waals surface area contributed by atoms with Crippen LogP contribution >= 0.6 is 11.6 Å². The summed E-state index contributed by atoms with van der Waals surface area (Å²) in [6.07, 6.45) is 4.96. The first kappa shape index (κ1) is 23.7. The van der Waals surface area contributed by atoms with E-state index in [1.807, 2.05) is 42.5 Å². The van der Waals surface area contributed by atoms with E-state index in [0.29, 0.717) is 17.4 Å². The molecule has 0 radical (unpaired) electrons. The first-order valence-corrected chi connectivity index (χ1v) is 12.7. The summed E-state index contributed by atoms with van der Waals surface area (Å²) in [5.41, 5.74) is 2.67. The van der Waals surface area contributed by atoms with Gasteiger partial charge in [0.15, 0.2) is 0 Å². The highest BCUT2D eigenvalue weighted by Crippen LogP contribution is 2.47. The van der Waals surface area contributed by atoms with Crippen molar-refractivity contribution in [2.24, 2.45) is 0 Å². The maximum atomic E-state index is 13.1. The van der Waals surface area contributed by atoms with Gasteiger partial charge in [-0.1, -0.05) is 48.4 Å². The Kier molecular flexibility index (Phi) is 7.26. The lowest BCUT2D eigenvalue weighted by molar-refractivity contribution is -0.137. The molecule has 2 unspecified atom stereocenters. The van der Waals surface area contributed by atoms with Crippen LogP contribution in [0.5, 0.6) is 17.2 Å². The van der Waals surface area contributed by atoms with Crippen LogP contribution < -0.4 is 9.47 Å². The Morgan fingerprint density at radius 1 is 0.914 bits per heavy atom. The number of carbonyl (C=O) groups excluding carboxylic acids is 1. The van der Waals surface area contributed by atoms with E-state index in [-0.39, 0.29) is 17.6 Å². The number of likely N-dealkylation sites (tertiary alicyclic amines) is 1. The number of halogens is 1. The molecule has 2 aliphatic rings. The highest BCUT2D eigenvalue weighted by Gasteiger charge is 2.40. The predicted octanol–water partition coefficient (Wildman–Crippen LogP) is 6.14. The van der Waals surface area contributed by atoms with E-state index < -0.39 is 5.92 Å². The van der Waals surface area contributed by atoms with E-state index in [4.69, 9.17) is 21.1 Å². The summed E-state index contributed by atoms with van der Waals surface area (Å²) < 4.78 is 11.6. The predicted molar refractivity (Wildman–Crippen MR) is 137 cm³/mol. The molecule has 2 heterocycles. The van der Waals surface area contributed by atoms with Crippen molar-refractivity contribution in [3.63, 3.8) is 0 Å². The molecule has 182 valence electrons. The average Bonchev–Trinajstić information content (AvgIpc) is 2.87. The molecule has 0 aromatic heterocycles. The highest BCUT2D eigenvalue weighted by atomic mass is 35.5. The second-order valence-corrected chi connectivity index (χ2v) is 9.76. The Bertz CT molecular complexity index is 1160. The van der Waals surface area contributed by atoms with Crippen molar-refractivity contribution < 1.29 is 19.4 Å². The second kappa shape index (κ2) is 10.7. The van der Waals surface area contributed by atoms with Crippen molar-refractivity contribution in [2.75, 3.05) is 26.2 Å². The van der Waals surface area contributed by atoms with Gasteiger partial charge < -0.3 is 19.5 Å². The van der Waals surface area contributed by atoms with E-state index in [9.17, 15) is 9.90 Å². The molecule has 0 bridgehead atoms. The molecule has 5 rings (SSSR count). The Morgan fingerprint density at radius 2 is 1.60 bits per heavy atom. The van der Waals surface area contributed by atoms with Crippen LogP contribution in [0.15, 0.2) is 66.7 Å². The van der Waals surface area contributed by atoms with Crippen LogP contribution in [0, 0.1) is 0 Å². The SMILES string of the molecule is O=C1Oc2cc(O)ccc2C(c2ccc(OCCCN3CCCCC3)cc2)C1c1ccc(Cl)cc1. The van der Waals surface area contributed by atoms with Crippen molar-refractivity contribution >= 4 is 17.6 Å². The maximum absolute atomic E-state index is 13.1. The van der Waals surface area contributed by atoms with Crippen LogP contribution in [0.1, 0.15) is 54.2 Å². The van der Waals surface area contributed by atoms with E-state index in [0.717, 1.165) is 35.4 Å². The van der Waals surface area contributed by atoms with Gasteiger partial charge in [-0.2, -0.15) is 0 Å². The Balaban J connectivity index is 1.35. The van der Waals surface area contributed by atoms with Gasteiger partial charge in [0.1, 0.15) is 17.2 Å². The summed E-state index contributed by atoms with van der Waals surface area (Å²) in [4.78, 5) is 15.7. The lowest BCUT2D eigenvalue weighted by atomic mass is 9.75. The molecule has 35 heavy (non-hydrogen) atoms. The standard InChI is InChI=1S/C29H30ClNO4/c30-22-9-5-21(6-10-22)28-27(25-14-11-23(32)19-26(25)35-29(28)33)20-7-12-24(13-8-20)34-18-4-17-31-15-2-1-3-16-31/h5-14,19,27-28,32H,1-4,15-18H2. The summed E-state index contributed by atoms with van der Waals surface area (Å²) in [5.74, 6) is 0.131. The molecule has 3 aromatic carbocycles. The van der Waals surface area contributed by atoms with Crippen molar-refractivity contribution in [3.8, 4) is 17.2 Å². The van der Waals surface area contributed by atoms with Gasteiger partial charge in [-0.15, -0.1) is 0 Å². The van der Waals surface area contributed by atoms with Crippen molar-refractivity contribution in [3.05, 3.63) is 88.4 Å². The molecule has 0 amide bonds. The molecule has 5 nitrogen and oxygen atoms in total. The molecular weight excluding hydrogens is 462 g/mol. The van der Waals surface area contributed by atoms with Crippen molar-refractivity contribution in [1.29, 1.82) is 0 Å². The van der Waals surface area contributed by atoms with E-state index in [2.05, 4.69) is 4.90 Å². The minimum atomic E-state index is -0.527. The van der Waals surface area contributed by atoms with Gasteiger partial charge in [-0.25, -0.2) is 0 Å². The first-order chi connectivity index (χ1) is 17.1. The van der Waals surface area contributed by atoms with Gasteiger partial charge >= 0.3 is 5.97 Å². The molecule has 2 aliphatic heterocycles. The number of rotatable bonds is 7. The summed E-state index contributed by atoms with van der Waals surface area (Å²) in [6, 6.07) is 20.2. The summed E-state index contributed by atoms with van der Waals surface area (Å²) in [5, 5.41) is 10.6. The monoisotopic (exact) mass is 491 g/mol. The number of ether oxygens (including phenoxy) is 2. The molecule has 1 saturated heterocycles. The van der Waals surface area contributed by atoms with Gasteiger partial charge in [0, 0.05) is 29.1 Å². The van der Waals surface area contributed by atoms with E-state index in [1.54, 1.807) is 18.2 Å². The average molecular weight is 492 g/mol. The number of fused-ring (bicyclic) bond motifs is 1. The van der Waals surface area contributed by atoms with Crippen LogP contribution in [0.3, 0.4) is 0 Å². The summed E-state index contributed by atoms with van der Waals surface area (Å²) in [6.45, 7) is 4.16. The molecule has 1 fully saturated rings. The van der Waals surface area contributed by atoms with E-state index >= 15 is 0 Å². The number of piperidine rings is 1. The Morgan fingerprint density at radius 3 is 2.34 bits per heavy atom. The van der Waals surface area contributed by atoms with Gasteiger partial charge in [-0.3, -0.25) is 4.79 Å². The van der Waals surface area contributed by atoms with Crippen molar-refractivity contribution in [1.82, 2.24) is 4.90 Å².